The minimum absolute atomic E-state index is 0.142. The van der Waals surface area contributed by atoms with Crippen LogP contribution in [0.2, 0.25) is 0 Å². The summed E-state index contributed by atoms with van der Waals surface area (Å²) in [4.78, 5) is 13.2. The molecule has 0 spiro atoms. The summed E-state index contributed by atoms with van der Waals surface area (Å²) in [6.07, 6.45) is 2.31. The predicted molar refractivity (Wildman–Crippen MR) is 132 cm³/mol. The summed E-state index contributed by atoms with van der Waals surface area (Å²) in [5.74, 6) is 2.52. The van der Waals surface area contributed by atoms with Crippen molar-refractivity contribution in [2.45, 2.75) is 23.0 Å². The van der Waals surface area contributed by atoms with Gasteiger partial charge in [0.15, 0.2) is 27.8 Å². The van der Waals surface area contributed by atoms with Gasteiger partial charge in [-0.2, -0.15) is 0 Å². The minimum Gasteiger partial charge on any atom is -0.497 e. The predicted octanol–water partition coefficient (Wildman–Crippen LogP) is 4.43. The first-order valence-corrected chi connectivity index (χ1v) is 11.9. The van der Waals surface area contributed by atoms with Crippen LogP contribution in [0.5, 0.6) is 23.0 Å². The van der Waals surface area contributed by atoms with E-state index in [1.54, 1.807) is 34.8 Å². The summed E-state index contributed by atoms with van der Waals surface area (Å²) in [7, 11) is 6.41. The smallest absolute Gasteiger partial charge is 0.203 e. The number of nitrogens with zero attached hydrogens (tertiary/aromatic N) is 3. The second-order valence-electron chi connectivity index (χ2n) is 7.21. The molecular weight excluding hydrogens is 522 g/mol. The second-order valence-corrected chi connectivity index (χ2v) is 9.09. The normalized spacial score (nSPS) is 11.0. The number of H-pyrrole nitrogens is 1. The Morgan fingerprint density at radius 2 is 1.76 bits per heavy atom. The molecule has 0 saturated heterocycles. The number of methoxy groups -OCH3 is 4. The van der Waals surface area contributed by atoms with E-state index in [1.807, 2.05) is 34.9 Å². The molecule has 0 radical (unpaired) electrons. The topological polar surface area (TPSA) is 107 Å². The van der Waals surface area contributed by atoms with Crippen LogP contribution in [0.25, 0.3) is 11.2 Å². The quantitative estimate of drug-likeness (QED) is 0.320. The van der Waals surface area contributed by atoms with Crippen molar-refractivity contribution in [1.29, 1.82) is 5.41 Å². The number of aromatic amines is 1. The Kier molecular flexibility index (Phi) is 7.32. The second kappa shape index (κ2) is 10.4. The number of aromatic nitrogens is 4. The molecule has 11 heteroatoms. The summed E-state index contributed by atoms with van der Waals surface area (Å²) in [6.45, 7) is 0.597. The van der Waals surface area contributed by atoms with E-state index in [2.05, 4.69) is 25.9 Å². The molecule has 178 valence electrons. The monoisotopic (exact) mass is 545 g/mol. The van der Waals surface area contributed by atoms with Gasteiger partial charge in [0.1, 0.15) is 11.3 Å². The zero-order valence-electron chi connectivity index (χ0n) is 19.1. The fourth-order valence-electron chi connectivity index (χ4n) is 3.50. The molecule has 2 heterocycles. The molecule has 2 N–H and O–H groups in total. The molecule has 9 nitrogen and oxygen atoms in total. The van der Waals surface area contributed by atoms with Crippen molar-refractivity contribution in [3.8, 4) is 23.0 Å². The lowest BCUT2D eigenvalue weighted by Gasteiger charge is -2.14. The Labute approximate surface area is 209 Å². The lowest BCUT2D eigenvalue weighted by molar-refractivity contribution is 0.323. The lowest BCUT2D eigenvalue weighted by Crippen LogP contribution is -2.13. The molecule has 0 fully saturated rings. The SMILES string of the molecule is COc1ccc(Br)c(Sc2nc3c([nH]2)c(=N)ncn3CCc2cc(OC)c(OC)c(OC)c2)c1. The highest BCUT2D eigenvalue weighted by Crippen LogP contribution is 2.38. The molecule has 0 saturated carbocycles. The van der Waals surface area contributed by atoms with Gasteiger partial charge in [0.25, 0.3) is 0 Å². The zero-order chi connectivity index (χ0) is 24.2. The van der Waals surface area contributed by atoms with Crippen LogP contribution < -0.4 is 24.4 Å². The molecule has 0 aliphatic heterocycles. The number of nitrogens with one attached hydrogen (secondary N) is 2. The van der Waals surface area contributed by atoms with Crippen molar-refractivity contribution in [1.82, 2.24) is 19.5 Å². The van der Waals surface area contributed by atoms with Gasteiger partial charge >= 0.3 is 0 Å². The van der Waals surface area contributed by atoms with Crippen LogP contribution in [0.15, 0.2) is 51.2 Å². The van der Waals surface area contributed by atoms with Crippen LogP contribution in [0.4, 0.5) is 0 Å². The third-order valence-electron chi connectivity index (χ3n) is 5.21. The molecule has 0 bridgehead atoms. The van der Waals surface area contributed by atoms with Gasteiger partial charge in [0.2, 0.25) is 5.75 Å². The maximum absolute atomic E-state index is 8.23. The highest BCUT2D eigenvalue weighted by Gasteiger charge is 2.15. The van der Waals surface area contributed by atoms with Crippen LogP contribution in [0.3, 0.4) is 0 Å². The largest absolute Gasteiger partial charge is 0.497 e. The van der Waals surface area contributed by atoms with Crippen molar-refractivity contribution >= 4 is 38.9 Å². The Morgan fingerprint density at radius 3 is 2.41 bits per heavy atom. The molecule has 0 aliphatic rings. The fourth-order valence-corrected chi connectivity index (χ4v) is 4.82. The molecule has 0 aliphatic carbocycles. The van der Waals surface area contributed by atoms with Crippen LogP contribution in [0, 0.1) is 5.41 Å². The first-order valence-electron chi connectivity index (χ1n) is 10.3. The molecule has 0 atom stereocenters. The fraction of sp³-hybridized carbons (Fsp3) is 0.261. The average molecular weight is 546 g/mol. The van der Waals surface area contributed by atoms with E-state index in [0.717, 1.165) is 20.7 Å². The van der Waals surface area contributed by atoms with E-state index >= 15 is 0 Å². The Bertz CT molecular complexity index is 1360. The van der Waals surface area contributed by atoms with Crippen LogP contribution >= 0.6 is 27.7 Å². The number of ether oxygens (including phenoxy) is 4. The first kappa shape index (κ1) is 24.0. The van der Waals surface area contributed by atoms with Gasteiger partial charge in [-0.3, -0.25) is 5.41 Å². The van der Waals surface area contributed by atoms with E-state index < -0.39 is 0 Å². The average Bonchev–Trinajstić information content (AvgIpc) is 3.29. The molecule has 34 heavy (non-hydrogen) atoms. The summed E-state index contributed by atoms with van der Waals surface area (Å²) in [5.41, 5.74) is 2.39. The lowest BCUT2D eigenvalue weighted by atomic mass is 10.1. The standard InChI is InChI=1S/C23H24BrN5O4S/c1-30-14-5-6-15(24)18(11-14)34-23-27-19-21(25)26-12-29(22(19)28-23)8-7-13-9-16(31-2)20(33-4)17(10-13)32-3/h5-6,9-12,25H,7-8H2,1-4H3,(H,27,28). The Balaban J connectivity index is 1.63. The summed E-state index contributed by atoms with van der Waals surface area (Å²) < 4.78 is 24.5. The van der Waals surface area contributed by atoms with Gasteiger partial charge in [-0.25, -0.2) is 9.97 Å². The highest BCUT2D eigenvalue weighted by molar-refractivity contribution is 9.10. The molecular formula is C23H24BrN5O4S. The minimum atomic E-state index is 0.142. The molecule has 0 unspecified atom stereocenters. The Hall–Kier alpha value is -3.18. The van der Waals surface area contributed by atoms with E-state index in [9.17, 15) is 0 Å². The van der Waals surface area contributed by atoms with E-state index in [4.69, 9.17) is 29.3 Å². The number of imidazole rings is 1. The van der Waals surface area contributed by atoms with Crippen molar-refractivity contribution < 1.29 is 18.9 Å². The molecule has 4 aromatic rings. The van der Waals surface area contributed by atoms with Gasteiger partial charge < -0.3 is 28.5 Å². The van der Waals surface area contributed by atoms with Crippen molar-refractivity contribution in [2.24, 2.45) is 0 Å². The zero-order valence-corrected chi connectivity index (χ0v) is 21.5. The third-order valence-corrected chi connectivity index (χ3v) is 7.11. The highest BCUT2D eigenvalue weighted by atomic mass is 79.9. The van der Waals surface area contributed by atoms with E-state index in [0.29, 0.717) is 46.5 Å². The maximum atomic E-state index is 8.23. The van der Waals surface area contributed by atoms with Gasteiger partial charge in [0, 0.05) is 15.9 Å². The molecule has 2 aromatic heterocycles. The van der Waals surface area contributed by atoms with Gasteiger partial charge in [-0.1, -0.05) is 11.8 Å². The Morgan fingerprint density at radius 1 is 1.03 bits per heavy atom. The molecule has 2 aromatic carbocycles. The maximum Gasteiger partial charge on any atom is 0.203 e. The number of hydrogen-bond donors (Lipinski definition) is 2. The number of hydrogen-bond acceptors (Lipinski definition) is 8. The molecule has 4 rings (SSSR count). The van der Waals surface area contributed by atoms with Gasteiger partial charge in [0.05, 0.1) is 34.8 Å². The number of benzene rings is 2. The van der Waals surface area contributed by atoms with Gasteiger partial charge in [-0.05, 0) is 58.2 Å². The van der Waals surface area contributed by atoms with Crippen molar-refractivity contribution in [2.75, 3.05) is 28.4 Å². The third kappa shape index (κ3) is 4.85. The van der Waals surface area contributed by atoms with Crippen LogP contribution in [-0.2, 0) is 13.0 Å². The van der Waals surface area contributed by atoms with Crippen LogP contribution in [-0.4, -0.2) is 48.0 Å². The number of rotatable bonds is 9. The van der Waals surface area contributed by atoms with E-state index in [1.165, 1.54) is 11.8 Å². The summed E-state index contributed by atoms with van der Waals surface area (Å²) in [6, 6.07) is 9.60. The number of halogens is 1. The van der Waals surface area contributed by atoms with Crippen LogP contribution in [0.1, 0.15) is 5.56 Å². The van der Waals surface area contributed by atoms with E-state index in [-0.39, 0.29) is 5.49 Å². The summed E-state index contributed by atoms with van der Waals surface area (Å²) in [5, 5.41) is 8.88. The van der Waals surface area contributed by atoms with Crippen molar-refractivity contribution in [3.05, 3.63) is 52.2 Å². The number of aryl methyl sites for hydroxylation is 2. The van der Waals surface area contributed by atoms with Gasteiger partial charge in [-0.15, -0.1) is 0 Å². The first-order chi connectivity index (χ1) is 16.5. The number of fused-ring (bicyclic) bond motifs is 1. The molecule has 0 amide bonds. The van der Waals surface area contributed by atoms with Crippen molar-refractivity contribution in [3.63, 3.8) is 0 Å². The summed E-state index contributed by atoms with van der Waals surface area (Å²) >= 11 is 5.02.